The minimum atomic E-state index is -1.75. The summed E-state index contributed by atoms with van der Waals surface area (Å²) in [6.07, 6.45) is 14.4. The first-order chi connectivity index (χ1) is 47.9. The van der Waals surface area contributed by atoms with E-state index >= 15 is 0 Å². The Morgan fingerprint density at radius 3 is 0.549 bits per heavy atom. The molecule has 0 fully saturated rings. The van der Waals surface area contributed by atoms with Crippen LogP contribution in [0.15, 0.2) is 256 Å². The molecule has 0 unspecified atom stereocenters. The molecule has 0 aliphatic carbocycles. The third-order valence-corrected chi connectivity index (χ3v) is 12.8. The maximum atomic E-state index is 11.1. The summed E-state index contributed by atoms with van der Waals surface area (Å²) in [5.74, 6) is -3.19. The average Bonchev–Trinajstić information content (AvgIpc) is 0.819. The van der Waals surface area contributed by atoms with Gasteiger partial charge < -0.3 is 90.9 Å². The summed E-state index contributed by atoms with van der Waals surface area (Å²) >= 11 is 0. The van der Waals surface area contributed by atoms with E-state index in [2.05, 4.69) is 137 Å². The van der Waals surface area contributed by atoms with Gasteiger partial charge in [0.1, 0.15) is 0 Å². The van der Waals surface area contributed by atoms with Crippen LogP contribution >= 0.6 is 0 Å². The first-order valence-electron chi connectivity index (χ1n) is 28.6. The van der Waals surface area contributed by atoms with E-state index < -0.39 is 45.4 Å². The van der Waals surface area contributed by atoms with Crippen LogP contribution in [-0.2, 0) is 19.2 Å². The molecule has 508 valence electrons. The maximum absolute atomic E-state index is 11.1. The van der Waals surface area contributed by atoms with Crippen LogP contribution in [0.5, 0.6) is 0 Å². The van der Waals surface area contributed by atoms with E-state index in [4.69, 9.17) is 61.3 Å². The van der Waals surface area contributed by atoms with E-state index in [1.54, 1.807) is 110 Å². The summed E-state index contributed by atoms with van der Waals surface area (Å²) < 4.78 is 0. The fraction of sp³-hybridized carbons (Fsp3) is 0.0588. The van der Waals surface area contributed by atoms with Gasteiger partial charge in [-0.3, -0.25) is 49.5 Å². The van der Waals surface area contributed by atoms with Crippen LogP contribution in [0.4, 0.5) is 11.4 Å². The number of anilines is 2. The molecule has 0 spiro atoms. The largest absolute Gasteiger partial charge is 3.00 e. The zero-order chi connectivity index (χ0) is 72.9. The van der Waals surface area contributed by atoms with Gasteiger partial charge in [0.05, 0.1) is 89.5 Å². The van der Waals surface area contributed by atoms with Crippen molar-refractivity contribution < 1.29 is 121 Å². The van der Waals surface area contributed by atoms with Crippen molar-refractivity contribution in [1.29, 1.82) is 0 Å². The Kier molecular flexibility index (Phi) is 36.7. The van der Waals surface area contributed by atoms with Gasteiger partial charge in [-0.1, -0.05) is 133 Å². The number of hydrogen-bond acceptors (Lipinski definition) is 26. The van der Waals surface area contributed by atoms with Crippen LogP contribution in [0.3, 0.4) is 0 Å². The van der Waals surface area contributed by atoms with Gasteiger partial charge in [0.25, 0.3) is 0 Å². The summed E-state index contributed by atoms with van der Waals surface area (Å²) in [4.78, 5) is 113. The number of carboxylic acids is 2. The van der Waals surface area contributed by atoms with Gasteiger partial charge >= 0.3 is 71.2 Å². The molecule has 6 aromatic carbocycles. The molecule has 14 rings (SSSR count). The summed E-state index contributed by atoms with van der Waals surface area (Å²) in [6, 6.07) is 65.8. The molecule has 2 amide bonds. The number of benzene rings is 6. The number of pyridine rings is 8. The number of aliphatic carboxylic acids is 2. The molecule has 0 radical (unpaired) electrons. The minimum Gasteiger partial charge on any atom is -0.548 e. The topological polar surface area (TPSA) is 489 Å². The smallest absolute Gasteiger partial charge is 0.548 e. The maximum Gasteiger partial charge on any atom is 3.00 e. The van der Waals surface area contributed by atoms with Crippen LogP contribution in [0, 0.1) is 132 Å². The first-order valence-corrected chi connectivity index (χ1v) is 28.6. The zero-order valence-corrected chi connectivity index (χ0v) is 60.7. The second-order valence-electron chi connectivity index (χ2n) is 19.4. The molecule has 14 aromatic rings. The molecule has 0 saturated carbocycles. The quantitative estimate of drug-likeness (QED) is 0.0848. The van der Waals surface area contributed by atoms with E-state index in [1.165, 1.54) is 13.8 Å². The van der Waals surface area contributed by atoms with Gasteiger partial charge in [-0.05, 0) is 72.8 Å². The molecule has 0 atom stereocenters. The van der Waals surface area contributed by atoms with E-state index in [0.29, 0.717) is 11.4 Å². The number of carbonyl (C=O) groups excluding carboxylic acids is 4. The summed E-state index contributed by atoms with van der Waals surface area (Å²) in [5.41, 5.74) is 8.94. The minimum absolute atomic E-state index is 0. The molecule has 34 heteroatoms. The molecule has 102 heavy (non-hydrogen) atoms. The Balaban J connectivity index is 0.000000304. The third kappa shape index (κ3) is 28.6. The van der Waals surface area contributed by atoms with Crippen LogP contribution in [0.25, 0.3) is 87.2 Å². The molecule has 0 bridgehead atoms. The monoisotopic (exact) mass is 1630 g/mol. The van der Waals surface area contributed by atoms with Gasteiger partial charge in [0.15, 0.2) is 0 Å². The van der Waals surface area contributed by atoms with Crippen molar-refractivity contribution in [2.75, 3.05) is 22.9 Å². The van der Waals surface area contributed by atoms with Crippen molar-refractivity contribution in [3.63, 3.8) is 0 Å². The number of fused-ring (bicyclic) bond motifs is 12. The third-order valence-electron chi connectivity index (χ3n) is 12.8. The number of amides is 2. The predicted molar refractivity (Wildman–Crippen MR) is 369 cm³/mol. The number of para-hydroxylation sites is 2. The number of aromatic nitrogens is 8. The first kappa shape index (κ1) is 83.9. The second kappa shape index (κ2) is 44.6. The van der Waals surface area contributed by atoms with E-state index in [0.717, 1.165) is 97.0 Å². The SMILES string of the molecule is CC(=O)N(CC(=O)[O-])c1ccccc1.CC(=O)N(CC(=O)[O-])c1ccccc1.O=[N+]([O-])[O-].O=[N+]([O-])[O-].O=[N+]([O-])[O-].O=[N+]([O-])[O-].[La+3].[La+3].c1cnc2c(c1)ccc1cccnc12.c1cnc2c(c1)ccc1cccnc12.c1cnc2c(c1)ccc1cccnc12.c1cnc2c(c1)ccc1cccnc12. The van der Waals surface area contributed by atoms with Gasteiger partial charge in [-0.15, -0.1) is 0 Å². The molecule has 32 nitrogen and oxygen atoms in total. The zero-order valence-electron chi connectivity index (χ0n) is 53.4. The van der Waals surface area contributed by atoms with E-state index in [1.807, 2.05) is 48.5 Å². The fourth-order valence-corrected chi connectivity index (χ4v) is 8.96. The average molecular weight is 1630 g/mol. The molecular weight excluding hydrogens is 1580 g/mol. The van der Waals surface area contributed by atoms with Crippen molar-refractivity contribution >= 4 is 122 Å². The molecule has 0 aliphatic rings. The number of hydrogen-bond donors (Lipinski definition) is 0. The Morgan fingerprint density at radius 2 is 0.422 bits per heavy atom. The Hall–Kier alpha value is -12.3. The van der Waals surface area contributed by atoms with Gasteiger partial charge in [0.2, 0.25) is 11.8 Å². The predicted octanol–water partition coefficient (Wildman–Crippen LogP) is 9.75. The Bertz CT molecular complexity index is 4290. The summed E-state index contributed by atoms with van der Waals surface area (Å²) in [7, 11) is 0. The molecule has 8 aromatic heterocycles. The van der Waals surface area contributed by atoms with Gasteiger partial charge in [-0.2, -0.15) is 0 Å². The standard InChI is InChI=1S/4C12H8N2.2C10H11NO3.2La.4NO3/c4*1-3-9-5-6-10-4-2-8-14-12(10)11(9)13-7-1;2*1-8(12)11(7-10(13)14)9-5-3-2-4-6-9;;;4*2-1(3)4/h4*1-8H;2*2-6H,7H2,1H3,(H,13,14);;;;;;/q;;;;;;2*+3;4*-1/p-2. The van der Waals surface area contributed by atoms with Crippen molar-refractivity contribution in [3.05, 3.63) is 317 Å². The van der Waals surface area contributed by atoms with Gasteiger partial charge in [0, 0.05) is 118 Å². The molecule has 0 aliphatic heterocycles. The number of carbonyl (C=O) groups is 4. The molecule has 0 saturated heterocycles. The van der Waals surface area contributed by atoms with E-state index in [9.17, 15) is 29.4 Å². The van der Waals surface area contributed by atoms with Crippen LogP contribution in [-0.4, -0.2) is 97.1 Å². The number of nitrogens with zero attached hydrogens (tertiary/aromatic N) is 14. The van der Waals surface area contributed by atoms with Crippen molar-refractivity contribution in [1.82, 2.24) is 39.9 Å². The Labute approximate surface area is 631 Å². The Morgan fingerprint density at radius 1 is 0.275 bits per heavy atom. The van der Waals surface area contributed by atoms with Crippen molar-refractivity contribution in [2.24, 2.45) is 0 Å². The molecule has 8 heterocycles. The number of rotatable bonds is 6. The summed E-state index contributed by atoms with van der Waals surface area (Å²) in [6.45, 7) is 1.80. The summed E-state index contributed by atoms with van der Waals surface area (Å²) in [5, 5.41) is 88.9. The van der Waals surface area contributed by atoms with Crippen LogP contribution in [0.2, 0.25) is 0 Å². The second-order valence-corrected chi connectivity index (χ2v) is 19.4. The van der Waals surface area contributed by atoms with Crippen molar-refractivity contribution in [2.45, 2.75) is 13.8 Å². The molecule has 0 N–H and O–H groups in total. The van der Waals surface area contributed by atoms with Crippen LogP contribution < -0.4 is 20.0 Å². The van der Waals surface area contributed by atoms with Crippen LogP contribution in [0.1, 0.15) is 13.8 Å². The normalized spacial score (nSPS) is 9.51. The van der Waals surface area contributed by atoms with Crippen molar-refractivity contribution in [3.8, 4) is 0 Å². The fourth-order valence-electron chi connectivity index (χ4n) is 8.96. The van der Waals surface area contributed by atoms with E-state index in [-0.39, 0.29) is 83.0 Å². The molecular formula is C68H52La2N14O18. The van der Waals surface area contributed by atoms with Gasteiger partial charge in [-0.25, -0.2) is 0 Å². The number of carboxylic acid groups (broad SMARTS) is 2.